The number of hydrogen-bond donors (Lipinski definition) is 2. The van der Waals surface area contributed by atoms with Crippen molar-refractivity contribution in [3.8, 4) is 5.88 Å². The van der Waals surface area contributed by atoms with Gasteiger partial charge in [-0.25, -0.2) is 9.78 Å². The predicted molar refractivity (Wildman–Crippen MR) is 81.4 cm³/mol. The summed E-state index contributed by atoms with van der Waals surface area (Å²) in [6, 6.07) is 5.48. The Hall–Kier alpha value is -1.82. The highest BCUT2D eigenvalue weighted by atomic mass is 16.6. The summed E-state index contributed by atoms with van der Waals surface area (Å²) in [5, 5.41) is 2.74. The number of amides is 1. The molecule has 21 heavy (non-hydrogen) atoms. The van der Waals surface area contributed by atoms with Crippen molar-refractivity contribution in [3.63, 3.8) is 0 Å². The van der Waals surface area contributed by atoms with Crippen LogP contribution in [0.15, 0.2) is 18.2 Å². The van der Waals surface area contributed by atoms with Crippen molar-refractivity contribution in [3.05, 3.63) is 23.9 Å². The van der Waals surface area contributed by atoms with E-state index in [1.54, 1.807) is 13.2 Å². The zero-order valence-corrected chi connectivity index (χ0v) is 13.4. The number of pyridine rings is 1. The van der Waals surface area contributed by atoms with Crippen LogP contribution in [0.3, 0.4) is 0 Å². The first-order valence-electron chi connectivity index (χ1n) is 6.88. The van der Waals surface area contributed by atoms with Crippen molar-refractivity contribution >= 4 is 6.09 Å². The molecule has 1 rings (SSSR count). The first-order chi connectivity index (χ1) is 9.70. The van der Waals surface area contributed by atoms with E-state index in [4.69, 9.17) is 15.2 Å². The van der Waals surface area contributed by atoms with E-state index in [0.29, 0.717) is 19.0 Å². The van der Waals surface area contributed by atoms with Gasteiger partial charge in [0.05, 0.1) is 12.8 Å². The number of nitrogens with two attached hydrogens (primary N) is 1. The fourth-order valence-electron chi connectivity index (χ4n) is 1.71. The lowest BCUT2D eigenvalue weighted by Crippen LogP contribution is -2.45. The SMILES string of the molecule is COc1cccc(C(C)(CN)CNC(=O)OC(C)(C)C)n1. The van der Waals surface area contributed by atoms with Gasteiger partial charge in [0.2, 0.25) is 5.88 Å². The Balaban J connectivity index is 2.78. The molecule has 0 bridgehead atoms. The van der Waals surface area contributed by atoms with Gasteiger partial charge in [0.1, 0.15) is 5.60 Å². The minimum atomic E-state index is -0.530. The summed E-state index contributed by atoms with van der Waals surface area (Å²) >= 11 is 0. The lowest BCUT2D eigenvalue weighted by Gasteiger charge is -2.28. The summed E-state index contributed by atoms with van der Waals surface area (Å²) in [5.74, 6) is 0.518. The van der Waals surface area contributed by atoms with E-state index in [9.17, 15) is 4.79 Å². The highest BCUT2D eigenvalue weighted by molar-refractivity contribution is 5.67. The fraction of sp³-hybridized carbons (Fsp3) is 0.600. The summed E-state index contributed by atoms with van der Waals surface area (Å²) in [6.45, 7) is 8.06. The maximum absolute atomic E-state index is 11.8. The van der Waals surface area contributed by atoms with Crippen LogP contribution in [-0.2, 0) is 10.2 Å². The number of nitrogens with one attached hydrogen (secondary N) is 1. The van der Waals surface area contributed by atoms with E-state index in [0.717, 1.165) is 5.69 Å². The van der Waals surface area contributed by atoms with Crippen molar-refractivity contribution in [2.24, 2.45) is 5.73 Å². The third-order valence-corrected chi connectivity index (χ3v) is 3.02. The summed E-state index contributed by atoms with van der Waals surface area (Å²) in [5.41, 5.74) is 5.61. The van der Waals surface area contributed by atoms with Crippen molar-refractivity contribution in [2.75, 3.05) is 20.2 Å². The van der Waals surface area contributed by atoms with Crippen LogP contribution in [-0.4, -0.2) is 36.9 Å². The normalized spacial score (nSPS) is 14.2. The lowest BCUT2D eigenvalue weighted by molar-refractivity contribution is 0.0516. The monoisotopic (exact) mass is 295 g/mol. The zero-order chi connectivity index (χ0) is 16.1. The smallest absolute Gasteiger partial charge is 0.407 e. The van der Waals surface area contributed by atoms with Gasteiger partial charge in [-0.3, -0.25) is 0 Å². The second-order valence-electron chi connectivity index (χ2n) is 6.19. The quantitative estimate of drug-likeness (QED) is 0.865. The Morgan fingerprint density at radius 1 is 1.33 bits per heavy atom. The van der Waals surface area contributed by atoms with Gasteiger partial charge in [-0.05, 0) is 26.8 Å². The Labute approximate surface area is 126 Å². The Morgan fingerprint density at radius 3 is 2.52 bits per heavy atom. The van der Waals surface area contributed by atoms with E-state index in [2.05, 4.69) is 10.3 Å². The highest BCUT2D eigenvalue weighted by Crippen LogP contribution is 2.22. The summed E-state index contributed by atoms with van der Waals surface area (Å²) in [4.78, 5) is 16.1. The molecule has 6 nitrogen and oxygen atoms in total. The number of nitrogens with zero attached hydrogens (tertiary/aromatic N) is 1. The zero-order valence-electron chi connectivity index (χ0n) is 13.4. The topological polar surface area (TPSA) is 86.5 Å². The van der Waals surface area contributed by atoms with Gasteiger partial charge in [-0.2, -0.15) is 0 Å². The molecule has 0 spiro atoms. The fourth-order valence-corrected chi connectivity index (χ4v) is 1.71. The molecule has 1 amide bonds. The van der Waals surface area contributed by atoms with Crippen LogP contribution in [0, 0.1) is 0 Å². The molecule has 1 aromatic heterocycles. The number of aromatic nitrogens is 1. The molecule has 0 fully saturated rings. The first-order valence-corrected chi connectivity index (χ1v) is 6.88. The molecular weight excluding hydrogens is 270 g/mol. The number of methoxy groups -OCH3 is 1. The van der Waals surface area contributed by atoms with E-state index >= 15 is 0 Å². The van der Waals surface area contributed by atoms with Gasteiger partial charge in [-0.15, -0.1) is 0 Å². The molecule has 1 heterocycles. The van der Waals surface area contributed by atoms with Gasteiger partial charge in [0, 0.05) is 24.6 Å². The molecule has 1 atom stereocenters. The lowest BCUT2D eigenvalue weighted by atomic mass is 9.86. The first kappa shape index (κ1) is 17.2. The highest BCUT2D eigenvalue weighted by Gasteiger charge is 2.28. The molecule has 0 radical (unpaired) electrons. The van der Waals surface area contributed by atoms with Gasteiger partial charge in [-0.1, -0.05) is 13.0 Å². The standard InChI is InChI=1S/C15H25N3O3/c1-14(2,3)21-13(19)17-10-15(4,9-16)11-7-6-8-12(18-11)20-5/h6-8H,9-10,16H2,1-5H3,(H,17,19). The maximum Gasteiger partial charge on any atom is 0.407 e. The molecule has 0 saturated carbocycles. The van der Waals surface area contributed by atoms with E-state index in [1.807, 2.05) is 39.8 Å². The number of rotatable bonds is 5. The van der Waals surface area contributed by atoms with Gasteiger partial charge >= 0.3 is 6.09 Å². The molecule has 0 aromatic carbocycles. The van der Waals surface area contributed by atoms with E-state index < -0.39 is 17.1 Å². The third kappa shape index (κ3) is 5.23. The van der Waals surface area contributed by atoms with Crippen molar-refractivity contribution in [1.82, 2.24) is 10.3 Å². The number of carbonyl (C=O) groups is 1. The van der Waals surface area contributed by atoms with Crippen LogP contribution in [0.25, 0.3) is 0 Å². The number of alkyl carbamates (subject to hydrolysis) is 1. The van der Waals surface area contributed by atoms with Crippen molar-refractivity contribution in [1.29, 1.82) is 0 Å². The molecule has 1 aromatic rings. The van der Waals surface area contributed by atoms with Crippen LogP contribution in [0.4, 0.5) is 4.79 Å². The Kier molecular flexibility index (Phi) is 5.54. The predicted octanol–water partition coefficient (Wildman–Crippen LogP) is 1.83. The molecule has 1 unspecified atom stereocenters. The second-order valence-corrected chi connectivity index (χ2v) is 6.19. The van der Waals surface area contributed by atoms with Crippen LogP contribution < -0.4 is 15.8 Å². The average molecular weight is 295 g/mol. The largest absolute Gasteiger partial charge is 0.481 e. The summed E-state index contributed by atoms with van der Waals surface area (Å²) in [6.07, 6.45) is -0.468. The molecule has 0 aliphatic rings. The van der Waals surface area contributed by atoms with E-state index in [1.165, 1.54) is 0 Å². The van der Waals surface area contributed by atoms with Crippen LogP contribution in [0.2, 0.25) is 0 Å². The van der Waals surface area contributed by atoms with Crippen molar-refractivity contribution < 1.29 is 14.3 Å². The Bertz CT molecular complexity index is 485. The molecular formula is C15H25N3O3. The molecule has 0 saturated heterocycles. The number of ether oxygens (including phenoxy) is 2. The van der Waals surface area contributed by atoms with Crippen LogP contribution >= 0.6 is 0 Å². The number of hydrogen-bond acceptors (Lipinski definition) is 5. The molecule has 3 N–H and O–H groups in total. The Morgan fingerprint density at radius 2 is 2.00 bits per heavy atom. The minimum Gasteiger partial charge on any atom is -0.481 e. The van der Waals surface area contributed by atoms with Crippen LogP contribution in [0.5, 0.6) is 5.88 Å². The van der Waals surface area contributed by atoms with Gasteiger partial charge in [0.15, 0.2) is 0 Å². The minimum absolute atomic E-state index is 0.332. The summed E-state index contributed by atoms with van der Waals surface area (Å²) < 4.78 is 10.3. The molecule has 118 valence electrons. The van der Waals surface area contributed by atoms with Crippen LogP contribution in [0.1, 0.15) is 33.4 Å². The van der Waals surface area contributed by atoms with E-state index in [-0.39, 0.29) is 0 Å². The molecule has 0 aliphatic heterocycles. The molecule has 0 aliphatic carbocycles. The van der Waals surface area contributed by atoms with Gasteiger partial charge in [0.25, 0.3) is 0 Å². The average Bonchev–Trinajstić information content (AvgIpc) is 2.43. The third-order valence-electron chi connectivity index (χ3n) is 3.02. The van der Waals surface area contributed by atoms with Crippen molar-refractivity contribution in [2.45, 2.75) is 38.7 Å². The maximum atomic E-state index is 11.8. The molecule has 6 heteroatoms. The second kappa shape index (κ2) is 6.76. The van der Waals surface area contributed by atoms with Gasteiger partial charge < -0.3 is 20.5 Å². The summed E-state index contributed by atoms with van der Waals surface area (Å²) in [7, 11) is 1.56. The number of carbonyl (C=O) groups excluding carboxylic acids is 1.